The molecule has 0 radical (unpaired) electrons. The largest absolute Gasteiger partial charge is 0.338 e. The van der Waals surface area contributed by atoms with Crippen molar-refractivity contribution < 1.29 is 4.79 Å². The molecule has 0 spiro atoms. The van der Waals surface area contributed by atoms with Crippen molar-refractivity contribution in [2.75, 3.05) is 19.6 Å². The lowest BCUT2D eigenvalue weighted by molar-refractivity contribution is -0.131. The number of benzene rings is 2. The highest BCUT2D eigenvalue weighted by Crippen LogP contribution is 2.37. The maximum absolute atomic E-state index is 12.8. The molecule has 0 aromatic heterocycles. The summed E-state index contributed by atoms with van der Waals surface area (Å²) in [5, 5.41) is 2.53. The van der Waals surface area contributed by atoms with E-state index in [9.17, 15) is 4.79 Å². The third-order valence-corrected chi connectivity index (χ3v) is 7.80. The minimum Gasteiger partial charge on any atom is -0.338 e. The van der Waals surface area contributed by atoms with Crippen LogP contribution in [0.2, 0.25) is 0 Å². The van der Waals surface area contributed by atoms with Gasteiger partial charge in [-0.15, -0.1) is 0 Å². The molecule has 2 aromatic rings. The summed E-state index contributed by atoms with van der Waals surface area (Å²) < 4.78 is 0. The first-order chi connectivity index (χ1) is 14.3. The van der Waals surface area contributed by atoms with Crippen molar-refractivity contribution in [3.05, 3.63) is 48.0 Å². The van der Waals surface area contributed by atoms with Crippen LogP contribution in [0.25, 0.3) is 10.8 Å². The third kappa shape index (κ3) is 4.21. The van der Waals surface area contributed by atoms with Gasteiger partial charge in [0.1, 0.15) is 0 Å². The van der Waals surface area contributed by atoms with Crippen LogP contribution in [0.4, 0.5) is 0 Å². The zero-order valence-electron chi connectivity index (χ0n) is 17.6. The van der Waals surface area contributed by atoms with E-state index in [1.807, 2.05) is 0 Å². The molecule has 3 heteroatoms. The molecule has 3 fully saturated rings. The Kier molecular flexibility index (Phi) is 5.59. The lowest BCUT2D eigenvalue weighted by atomic mass is 9.74. The standard InChI is InChI=1S/C26H34N2O/c29-26-12-11-25(27-15-13-22-6-2-4-8-24(22)19-27)14-16-28(26)18-20-9-10-21-5-1-3-7-23(21)17-20/h1,3,5,7,9-10,17,22,24-25H,2,4,6,8,11-16,18-19H2/t22-,24-,25?/m0/s1. The van der Waals surface area contributed by atoms with Gasteiger partial charge in [-0.2, -0.15) is 0 Å². The van der Waals surface area contributed by atoms with E-state index in [2.05, 4.69) is 52.3 Å². The van der Waals surface area contributed by atoms with E-state index in [4.69, 9.17) is 0 Å². The molecule has 5 rings (SSSR count). The maximum Gasteiger partial charge on any atom is 0.222 e. The molecular weight excluding hydrogens is 356 g/mol. The van der Waals surface area contributed by atoms with Gasteiger partial charge in [0.15, 0.2) is 0 Å². The number of amides is 1. The number of fused-ring (bicyclic) bond motifs is 2. The van der Waals surface area contributed by atoms with Crippen LogP contribution in [0.3, 0.4) is 0 Å². The third-order valence-electron chi connectivity index (χ3n) is 7.80. The Balaban J connectivity index is 1.22. The molecule has 1 amide bonds. The second kappa shape index (κ2) is 8.47. The summed E-state index contributed by atoms with van der Waals surface area (Å²) in [5.41, 5.74) is 1.25. The average Bonchev–Trinajstić information content (AvgIpc) is 2.95. The molecule has 2 aliphatic heterocycles. The molecule has 2 heterocycles. The zero-order chi connectivity index (χ0) is 19.6. The first-order valence-corrected chi connectivity index (χ1v) is 11.8. The fourth-order valence-corrected chi connectivity index (χ4v) is 6.07. The zero-order valence-corrected chi connectivity index (χ0v) is 17.6. The van der Waals surface area contributed by atoms with E-state index in [0.29, 0.717) is 18.4 Å². The van der Waals surface area contributed by atoms with Crippen LogP contribution < -0.4 is 0 Å². The monoisotopic (exact) mass is 390 g/mol. The average molecular weight is 391 g/mol. The van der Waals surface area contributed by atoms with E-state index in [1.165, 1.54) is 61.5 Å². The Labute approximate surface area is 175 Å². The number of piperidine rings is 1. The summed E-state index contributed by atoms with van der Waals surface area (Å²) in [6.07, 6.45) is 10.0. The molecule has 154 valence electrons. The van der Waals surface area contributed by atoms with Crippen LogP contribution in [0, 0.1) is 11.8 Å². The number of nitrogens with zero attached hydrogens (tertiary/aromatic N) is 2. The molecule has 3 nitrogen and oxygen atoms in total. The van der Waals surface area contributed by atoms with E-state index in [0.717, 1.165) is 37.8 Å². The summed E-state index contributed by atoms with van der Waals surface area (Å²) >= 11 is 0. The number of carbonyl (C=O) groups is 1. The van der Waals surface area contributed by atoms with Crippen molar-refractivity contribution >= 4 is 16.7 Å². The van der Waals surface area contributed by atoms with Crippen LogP contribution in [-0.4, -0.2) is 41.4 Å². The molecule has 3 aliphatic rings. The minimum atomic E-state index is 0.341. The lowest BCUT2D eigenvalue weighted by Gasteiger charge is -2.44. The number of hydrogen-bond acceptors (Lipinski definition) is 2. The molecule has 1 aliphatic carbocycles. The Morgan fingerprint density at radius 1 is 0.828 bits per heavy atom. The molecule has 0 N–H and O–H groups in total. The fourth-order valence-electron chi connectivity index (χ4n) is 6.07. The Morgan fingerprint density at radius 3 is 2.55 bits per heavy atom. The quantitative estimate of drug-likeness (QED) is 0.716. The van der Waals surface area contributed by atoms with Gasteiger partial charge in [0.05, 0.1) is 0 Å². The molecule has 0 bridgehead atoms. The summed E-state index contributed by atoms with van der Waals surface area (Å²) in [7, 11) is 0. The second-order valence-electron chi connectivity index (χ2n) is 9.57. The molecular formula is C26H34N2O. The highest BCUT2D eigenvalue weighted by atomic mass is 16.2. The van der Waals surface area contributed by atoms with Crippen molar-refractivity contribution in [1.29, 1.82) is 0 Å². The van der Waals surface area contributed by atoms with Crippen molar-refractivity contribution in [3.63, 3.8) is 0 Å². The Bertz CT molecular complexity index is 863. The summed E-state index contributed by atoms with van der Waals surface area (Å²) in [6.45, 7) is 4.20. The minimum absolute atomic E-state index is 0.341. The predicted molar refractivity (Wildman–Crippen MR) is 119 cm³/mol. The smallest absolute Gasteiger partial charge is 0.222 e. The Morgan fingerprint density at radius 2 is 1.66 bits per heavy atom. The van der Waals surface area contributed by atoms with Crippen molar-refractivity contribution in [3.8, 4) is 0 Å². The van der Waals surface area contributed by atoms with Gasteiger partial charge in [-0.05, 0) is 66.5 Å². The van der Waals surface area contributed by atoms with Crippen LogP contribution in [-0.2, 0) is 11.3 Å². The topological polar surface area (TPSA) is 23.6 Å². The van der Waals surface area contributed by atoms with Gasteiger partial charge in [-0.25, -0.2) is 0 Å². The fraction of sp³-hybridized carbons (Fsp3) is 0.577. The first-order valence-electron chi connectivity index (χ1n) is 11.8. The normalized spacial score (nSPS) is 28.9. The van der Waals surface area contributed by atoms with Crippen LogP contribution >= 0.6 is 0 Å². The first kappa shape index (κ1) is 19.1. The molecule has 2 saturated heterocycles. The van der Waals surface area contributed by atoms with Gasteiger partial charge in [0, 0.05) is 32.1 Å². The van der Waals surface area contributed by atoms with Crippen LogP contribution in [0.5, 0.6) is 0 Å². The number of likely N-dealkylation sites (tertiary alicyclic amines) is 2. The van der Waals surface area contributed by atoms with Gasteiger partial charge in [0.25, 0.3) is 0 Å². The summed E-state index contributed by atoms with van der Waals surface area (Å²) in [5.74, 6) is 2.25. The van der Waals surface area contributed by atoms with E-state index < -0.39 is 0 Å². The van der Waals surface area contributed by atoms with Crippen LogP contribution in [0.1, 0.15) is 56.9 Å². The highest BCUT2D eigenvalue weighted by Gasteiger charge is 2.35. The molecule has 3 atom stereocenters. The van der Waals surface area contributed by atoms with Crippen molar-refractivity contribution in [2.24, 2.45) is 11.8 Å². The van der Waals surface area contributed by atoms with Crippen LogP contribution in [0.15, 0.2) is 42.5 Å². The number of carbonyl (C=O) groups excluding carboxylic acids is 1. The van der Waals surface area contributed by atoms with E-state index in [-0.39, 0.29) is 0 Å². The van der Waals surface area contributed by atoms with Gasteiger partial charge in [-0.3, -0.25) is 4.79 Å². The number of hydrogen-bond donors (Lipinski definition) is 0. The number of rotatable bonds is 3. The van der Waals surface area contributed by atoms with Gasteiger partial charge < -0.3 is 9.80 Å². The lowest BCUT2D eigenvalue weighted by Crippen LogP contribution is -2.47. The second-order valence-corrected chi connectivity index (χ2v) is 9.57. The molecule has 1 unspecified atom stereocenters. The summed E-state index contributed by atoms with van der Waals surface area (Å²) in [6, 6.07) is 15.7. The maximum atomic E-state index is 12.8. The van der Waals surface area contributed by atoms with Gasteiger partial charge in [0.2, 0.25) is 5.91 Å². The Hall–Kier alpha value is -1.87. The van der Waals surface area contributed by atoms with E-state index in [1.54, 1.807) is 0 Å². The van der Waals surface area contributed by atoms with Gasteiger partial charge >= 0.3 is 0 Å². The molecule has 1 saturated carbocycles. The predicted octanol–water partition coefficient (Wildman–Crippen LogP) is 5.23. The SMILES string of the molecule is O=C1CCC(N2CC[C@@H]3CCCC[C@H]3C2)CCN1Cc1ccc2ccccc2c1. The summed E-state index contributed by atoms with van der Waals surface area (Å²) in [4.78, 5) is 17.7. The van der Waals surface area contributed by atoms with Gasteiger partial charge in [-0.1, -0.05) is 55.7 Å². The highest BCUT2D eigenvalue weighted by molar-refractivity contribution is 5.83. The van der Waals surface area contributed by atoms with E-state index >= 15 is 0 Å². The van der Waals surface area contributed by atoms with Crippen molar-refractivity contribution in [2.45, 2.75) is 64.0 Å². The van der Waals surface area contributed by atoms with Crippen molar-refractivity contribution in [1.82, 2.24) is 9.80 Å². The molecule has 29 heavy (non-hydrogen) atoms. The molecule has 2 aromatic carbocycles.